The number of hydrogen-bond donors (Lipinski definition) is 2. The number of hydrogen-bond acceptors (Lipinski definition) is 3. The Hall–Kier alpha value is -3.06. The zero-order chi connectivity index (χ0) is 18.2. The summed E-state index contributed by atoms with van der Waals surface area (Å²) in [4.78, 5) is 12.2. The lowest BCUT2D eigenvalue weighted by atomic mass is 10.1. The van der Waals surface area contributed by atoms with Crippen LogP contribution >= 0.6 is 0 Å². The first kappa shape index (κ1) is 18.3. The number of anilines is 1. The van der Waals surface area contributed by atoms with E-state index < -0.39 is 5.91 Å². The molecule has 0 fully saturated rings. The number of nitrogens with zero attached hydrogens (tertiary/aromatic N) is 1. The average Bonchev–Trinajstić information content (AvgIpc) is 2.62. The SMILES string of the molecule is CCc1ccc(C(C)N/C=C(/C#N)C(=O)Nc2cccc(C)c2)cc1. The van der Waals surface area contributed by atoms with E-state index in [9.17, 15) is 10.1 Å². The van der Waals surface area contributed by atoms with E-state index in [0.717, 1.165) is 17.5 Å². The maximum atomic E-state index is 12.2. The van der Waals surface area contributed by atoms with Crippen LogP contribution in [0.1, 0.15) is 36.6 Å². The van der Waals surface area contributed by atoms with E-state index in [1.54, 1.807) is 6.07 Å². The monoisotopic (exact) mass is 333 g/mol. The summed E-state index contributed by atoms with van der Waals surface area (Å²) >= 11 is 0. The largest absolute Gasteiger partial charge is 0.383 e. The number of aryl methyl sites for hydroxylation is 2. The molecule has 2 N–H and O–H groups in total. The summed E-state index contributed by atoms with van der Waals surface area (Å²) in [6.07, 6.45) is 2.48. The Balaban J connectivity index is 2.03. The molecule has 0 aliphatic rings. The van der Waals surface area contributed by atoms with Crippen LogP contribution in [0.3, 0.4) is 0 Å². The quantitative estimate of drug-likeness (QED) is 0.613. The Labute approximate surface area is 149 Å². The van der Waals surface area contributed by atoms with E-state index in [1.165, 1.54) is 11.8 Å². The molecule has 4 nitrogen and oxygen atoms in total. The lowest BCUT2D eigenvalue weighted by Crippen LogP contribution is -2.18. The third-order valence-electron chi connectivity index (χ3n) is 4.01. The van der Waals surface area contributed by atoms with Crippen LogP contribution in [0.25, 0.3) is 0 Å². The van der Waals surface area contributed by atoms with Gasteiger partial charge in [-0.15, -0.1) is 0 Å². The van der Waals surface area contributed by atoms with E-state index in [2.05, 4.69) is 41.8 Å². The molecular weight excluding hydrogens is 310 g/mol. The average molecular weight is 333 g/mol. The molecule has 25 heavy (non-hydrogen) atoms. The molecule has 2 aromatic rings. The van der Waals surface area contributed by atoms with Crippen molar-refractivity contribution in [3.05, 3.63) is 77.0 Å². The Kier molecular flexibility index (Phi) is 6.36. The van der Waals surface area contributed by atoms with Crippen LogP contribution in [0.5, 0.6) is 0 Å². The molecular formula is C21H23N3O. The highest BCUT2D eigenvalue weighted by Crippen LogP contribution is 2.15. The molecule has 2 rings (SSSR count). The number of nitrogens with one attached hydrogen (secondary N) is 2. The fourth-order valence-corrected chi connectivity index (χ4v) is 2.42. The third-order valence-corrected chi connectivity index (χ3v) is 4.01. The van der Waals surface area contributed by atoms with Gasteiger partial charge in [-0.25, -0.2) is 0 Å². The molecule has 0 heterocycles. The number of amides is 1. The fraction of sp³-hybridized carbons (Fsp3) is 0.238. The topological polar surface area (TPSA) is 64.9 Å². The summed E-state index contributed by atoms with van der Waals surface area (Å²) in [5.74, 6) is -0.422. The van der Waals surface area contributed by atoms with Crippen LogP contribution in [-0.2, 0) is 11.2 Å². The van der Waals surface area contributed by atoms with Gasteiger partial charge in [0, 0.05) is 17.9 Å². The smallest absolute Gasteiger partial charge is 0.267 e. The van der Waals surface area contributed by atoms with Gasteiger partial charge in [0.05, 0.1) is 0 Å². The summed E-state index contributed by atoms with van der Waals surface area (Å²) in [6.45, 7) is 6.06. The van der Waals surface area contributed by atoms with Crippen LogP contribution in [0.4, 0.5) is 5.69 Å². The minimum absolute atomic E-state index is 0.000950. The Morgan fingerprint density at radius 3 is 2.56 bits per heavy atom. The molecule has 0 saturated heterocycles. The van der Waals surface area contributed by atoms with Crippen molar-refractivity contribution in [1.82, 2.24) is 5.32 Å². The van der Waals surface area contributed by atoms with Crippen LogP contribution < -0.4 is 10.6 Å². The van der Waals surface area contributed by atoms with Gasteiger partial charge in [0.1, 0.15) is 11.6 Å². The van der Waals surface area contributed by atoms with Gasteiger partial charge in [-0.05, 0) is 49.1 Å². The molecule has 0 aliphatic heterocycles. The summed E-state index contributed by atoms with van der Waals surface area (Å²) in [7, 11) is 0. The maximum Gasteiger partial charge on any atom is 0.267 e. The van der Waals surface area contributed by atoms with Crippen molar-refractivity contribution in [2.45, 2.75) is 33.2 Å². The molecule has 1 unspecified atom stereocenters. The fourth-order valence-electron chi connectivity index (χ4n) is 2.42. The van der Waals surface area contributed by atoms with Crippen LogP contribution in [-0.4, -0.2) is 5.91 Å². The number of carbonyl (C=O) groups excluding carboxylic acids is 1. The maximum absolute atomic E-state index is 12.2. The Morgan fingerprint density at radius 1 is 1.24 bits per heavy atom. The van der Waals surface area contributed by atoms with E-state index in [1.807, 2.05) is 38.1 Å². The Morgan fingerprint density at radius 2 is 1.96 bits per heavy atom. The van der Waals surface area contributed by atoms with E-state index >= 15 is 0 Å². The number of nitriles is 1. The normalized spacial score (nSPS) is 12.2. The second kappa shape index (κ2) is 8.70. The van der Waals surface area contributed by atoms with Crippen molar-refractivity contribution in [2.75, 3.05) is 5.32 Å². The molecule has 2 aromatic carbocycles. The molecule has 0 radical (unpaired) electrons. The Bertz CT molecular complexity index is 801. The van der Waals surface area contributed by atoms with Crippen LogP contribution in [0, 0.1) is 18.3 Å². The molecule has 1 atom stereocenters. The number of benzene rings is 2. The van der Waals surface area contributed by atoms with Crippen LogP contribution in [0.2, 0.25) is 0 Å². The van der Waals surface area contributed by atoms with Gasteiger partial charge in [-0.1, -0.05) is 43.3 Å². The van der Waals surface area contributed by atoms with Crippen molar-refractivity contribution in [1.29, 1.82) is 5.26 Å². The van der Waals surface area contributed by atoms with E-state index in [0.29, 0.717) is 5.69 Å². The van der Waals surface area contributed by atoms with Gasteiger partial charge < -0.3 is 10.6 Å². The van der Waals surface area contributed by atoms with Gasteiger partial charge in [0.15, 0.2) is 0 Å². The molecule has 0 saturated carbocycles. The minimum Gasteiger partial charge on any atom is -0.383 e. The van der Waals surface area contributed by atoms with Crippen molar-refractivity contribution in [3.8, 4) is 6.07 Å². The number of carbonyl (C=O) groups is 1. The zero-order valence-electron chi connectivity index (χ0n) is 14.8. The van der Waals surface area contributed by atoms with Crippen LogP contribution in [0.15, 0.2) is 60.3 Å². The molecule has 0 bridgehead atoms. The molecule has 4 heteroatoms. The second-order valence-electron chi connectivity index (χ2n) is 5.98. The molecule has 0 aliphatic carbocycles. The second-order valence-corrected chi connectivity index (χ2v) is 5.98. The van der Waals surface area contributed by atoms with Crippen molar-refractivity contribution in [3.63, 3.8) is 0 Å². The van der Waals surface area contributed by atoms with Gasteiger partial charge in [-0.3, -0.25) is 4.79 Å². The first-order valence-corrected chi connectivity index (χ1v) is 8.36. The van der Waals surface area contributed by atoms with Gasteiger partial charge in [-0.2, -0.15) is 5.26 Å². The lowest BCUT2D eigenvalue weighted by molar-refractivity contribution is -0.112. The van der Waals surface area contributed by atoms with Gasteiger partial charge in [0.25, 0.3) is 5.91 Å². The highest BCUT2D eigenvalue weighted by Gasteiger charge is 2.10. The number of rotatable bonds is 6. The first-order chi connectivity index (χ1) is 12.0. The summed E-state index contributed by atoms with van der Waals surface area (Å²) in [6, 6.07) is 17.7. The van der Waals surface area contributed by atoms with Gasteiger partial charge in [0.2, 0.25) is 0 Å². The summed E-state index contributed by atoms with van der Waals surface area (Å²) < 4.78 is 0. The van der Waals surface area contributed by atoms with E-state index in [4.69, 9.17) is 0 Å². The molecule has 128 valence electrons. The lowest BCUT2D eigenvalue weighted by Gasteiger charge is -2.13. The highest BCUT2D eigenvalue weighted by molar-refractivity contribution is 6.06. The summed E-state index contributed by atoms with van der Waals surface area (Å²) in [5.41, 5.74) is 4.14. The minimum atomic E-state index is -0.422. The predicted octanol–water partition coefficient (Wildman–Crippen LogP) is 4.25. The van der Waals surface area contributed by atoms with Crippen molar-refractivity contribution < 1.29 is 4.79 Å². The molecule has 0 aromatic heterocycles. The van der Waals surface area contributed by atoms with Crippen molar-refractivity contribution >= 4 is 11.6 Å². The molecule has 1 amide bonds. The summed E-state index contributed by atoms with van der Waals surface area (Å²) in [5, 5.41) is 15.1. The first-order valence-electron chi connectivity index (χ1n) is 8.36. The van der Waals surface area contributed by atoms with E-state index in [-0.39, 0.29) is 11.6 Å². The zero-order valence-corrected chi connectivity index (χ0v) is 14.8. The third kappa shape index (κ3) is 5.22. The standard InChI is InChI=1S/C21H23N3O/c1-4-17-8-10-18(11-9-17)16(3)23-14-19(13-22)21(25)24-20-7-5-6-15(2)12-20/h5-12,14,16,23H,4H2,1-3H3,(H,24,25)/b19-14-. The van der Waals surface area contributed by atoms with Crippen molar-refractivity contribution in [2.24, 2.45) is 0 Å². The van der Waals surface area contributed by atoms with Gasteiger partial charge >= 0.3 is 0 Å². The highest BCUT2D eigenvalue weighted by atomic mass is 16.1. The predicted molar refractivity (Wildman–Crippen MR) is 101 cm³/mol. The molecule has 0 spiro atoms.